The summed E-state index contributed by atoms with van der Waals surface area (Å²) in [6.07, 6.45) is -22.0. The summed E-state index contributed by atoms with van der Waals surface area (Å²) in [5.74, 6) is 0. The van der Waals surface area contributed by atoms with Gasteiger partial charge in [0.25, 0.3) is 0 Å². The third kappa shape index (κ3) is 5.38. The van der Waals surface area contributed by atoms with Crippen molar-refractivity contribution in [1.82, 2.24) is 0 Å². The molecule has 0 saturated carbocycles. The average Bonchev–Trinajstić information content (AvgIpc) is 2.77. The van der Waals surface area contributed by atoms with Crippen LogP contribution in [0.25, 0.3) is 0 Å². The molecule has 0 amide bonds. The number of ether oxygens (including phenoxy) is 5. The lowest BCUT2D eigenvalue weighted by atomic mass is 9.98. The summed E-state index contributed by atoms with van der Waals surface area (Å²) in [7, 11) is 0. The van der Waals surface area contributed by atoms with Crippen molar-refractivity contribution >= 4 is 0 Å². The zero-order valence-corrected chi connectivity index (χ0v) is 16.7. The monoisotopic (exact) mass is 474 g/mol. The van der Waals surface area contributed by atoms with Crippen molar-refractivity contribution in [3.63, 3.8) is 0 Å². The first-order chi connectivity index (χ1) is 15.0. The second-order valence-electron chi connectivity index (χ2n) is 7.97. The molecule has 0 unspecified atom stereocenters. The highest BCUT2D eigenvalue weighted by Gasteiger charge is 2.47. The van der Waals surface area contributed by atoms with Crippen molar-refractivity contribution < 1.29 is 74.7 Å². The molecule has 32 heavy (non-hydrogen) atoms. The quantitative estimate of drug-likeness (QED) is 0.172. The van der Waals surface area contributed by atoms with Gasteiger partial charge in [-0.25, -0.2) is 0 Å². The van der Waals surface area contributed by atoms with Gasteiger partial charge in [-0.15, -0.1) is 0 Å². The minimum atomic E-state index is -1.80. The van der Waals surface area contributed by atoms with E-state index in [9.17, 15) is 51.1 Å². The second kappa shape index (κ2) is 10.8. The fourth-order valence-electron chi connectivity index (χ4n) is 3.57. The van der Waals surface area contributed by atoms with Gasteiger partial charge in [0.2, 0.25) is 0 Å². The first-order valence-corrected chi connectivity index (χ1v) is 9.99. The molecule has 0 spiro atoms. The smallest absolute Gasteiger partial charge is 0.186 e. The van der Waals surface area contributed by atoms with Crippen LogP contribution in [0.3, 0.4) is 0 Å². The minimum Gasteiger partial charge on any atom is -0.388 e. The van der Waals surface area contributed by atoms with E-state index in [-0.39, 0.29) is 6.61 Å². The maximum absolute atomic E-state index is 10.2. The van der Waals surface area contributed by atoms with E-state index in [2.05, 4.69) is 0 Å². The van der Waals surface area contributed by atoms with Gasteiger partial charge < -0.3 is 74.7 Å². The van der Waals surface area contributed by atoms with Crippen LogP contribution < -0.4 is 0 Å². The van der Waals surface area contributed by atoms with Crippen LogP contribution in [0.1, 0.15) is 0 Å². The summed E-state index contributed by atoms with van der Waals surface area (Å²) < 4.78 is 26.0. The van der Waals surface area contributed by atoms with E-state index < -0.39 is 99.2 Å². The standard InChI is InChI=1S/C17H30O15/c18-4-1-28-16(13(25)7(4)19)29-3-6-9(21)11(23)14(26)17(32-6)30-2-5-8(20)10(22)12(24)15(27)31-5/h4-27H,1-3H2/t4-,5-,6-,7+,8-,9-,10+,11+,12-,13-,14-,15-,16+,17+/m1/s1. The molecule has 14 atom stereocenters. The summed E-state index contributed by atoms with van der Waals surface area (Å²) in [4.78, 5) is 0. The van der Waals surface area contributed by atoms with Crippen molar-refractivity contribution in [2.75, 3.05) is 19.8 Å². The lowest BCUT2D eigenvalue weighted by Gasteiger charge is -2.42. The third-order valence-corrected chi connectivity index (χ3v) is 5.66. The molecule has 188 valence electrons. The number of rotatable bonds is 6. The van der Waals surface area contributed by atoms with Crippen molar-refractivity contribution in [2.24, 2.45) is 0 Å². The molecule has 0 bridgehead atoms. The SMILES string of the molecule is O[C@@H]1[C@@H](O)[C@H](O)O[C@H](CO[C@H]2O[C@H](CO[C@@H]3OC[C@@H](O)[C@H](O)[C@H]3O)[C@@H](O)[C@H](O)[C@H]2O)[C@H]1O. The maximum atomic E-state index is 10.2. The Bertz CT molecular complexity index is 596. The van der Waals surface area contributed by atoms with Crippen LogP contribution in [0, 0.1) is 0 Å². The molecule has 0 aromatic rings. The molecule has 15 nitrogen and oxygen atoms in total. The molecule has 3 aliphatic heterocycles. The summed E-state index contributed by atoms with van der Waals surface area (Å²) in [5, 5.41) is 98.1. The zero-order valence-electron chi connectivity index (χ0n) is 16.7. The summed E-state index contributed by atoms with van der Waals surface area (Å²) in [6, 6.07) is 0. The summed E-state index contributed by atoms with van der Waals surface area (Å²) in [6.45, 7) is -1.35. The van der Waals surface area contributed by atoms with Crippen LogP contribution in [-0.4, -0.2) is 157 Å². The normalized spacial score (nSPS) is 52.7. The van der Waals surface area contributed by atoms with Crippen LogP contribution in [0.2, 0.25) is 0 Å². The highest BCUT2D eigenvalue weighted by Crippen LogP contribution is 2.26. The summed E-state index contributed by atoms with van der Waals surface area (Å²) in [5.41, 5.74) is 0. The van der Waals surface area contributed by atoms with Gasteiger partial charge in [-0.05, 0) is 0 Å². The molecule has 0 aliphatic carbocycles. The van der Waals surface area contributed by atoms with Gasteiger partial charge >= 0.3 is 0 Å². The highest BCUT2D eigenvalue weighted by molar-refractivity contribution is 4.92. The van der Waals surface area contributed by atoms with Gasteiger partial charge in [0.1, 0.15) is 67.1 Å². The molecule has 15 heteroatoms. The van der Waals surface area contributed by atoms with E-state index >= 15 is 0 Å². The fraction of sp³-hybridized carbons (Fsp3) is 1.00. The largest absolute Gasteiger partial charge is 0.388 e. The van der Waals surface area contributed by atoms with E-state index in [4.69, 9.17) is 23.7 Å². The molecule has 10 N–H and O–H groups in total. The first kappa shape index (κ1) is 26.0. The lowest BCUT2D eigenvalue weighted by molar-refractivity contribution is -0.335. The van der Waals surface area contributed by atoms with Gasteiger partial charge in [-0.1, -0.05) is 0 Å². The van der Waals surface area contributed by atoms with Gasteiger partial charge in [-0.3, -0.25) is 0 Å². The molecular formula is C17H30O15. The van der Waals surface area contributed by atoms with E-state index in [0.717, 1.165) is 0 Å². The molecule has 3 heterocycles. The number of aliphatic hydroxyl groups excluding tert-OH is 10. The minimum absolute atomic E-state index is 0.319. The molecule has 0 radical (unpaired) electrons. The Balaban J connectivity index is 1.56. The van der Waals surface area contributed by atoms with Crippen molar-refractivity contribution in [1.29, 1.82) is 0 Å². The van der Waals surface area contributed by atoms with Gasteiger partial charge in [0, 0.05) is 0 Å². The topological polar surface area (TPSA) is 248 Å². The maximum Gasteiger partial charge on any atom is 0.186 e. The van der Waals surface area contributed by atoms with Crippen molar-refractivity contribution in [3.8, 4) is 0 Å². The zero-order chi connectivity index (χ0) is 23.7. The Morgan fingerprint density at radius 3 is 1.66 bits per heavy atom. The van der Waals surface area contributed by atoms with Crippen LogP contribution in [0.15, 0.2) is 0 Å². The van der Waals surface area contributed by atoms with Crippen LogP contribution in [-0.2, 0) is 23.7 Å². The van der Waals surface area contributed by atoms with Gasteiger partial charge in [-0.2, -0.15) is 0 Å². The molecule has 0 aromatic carbocycles. The van der Waals surface area contributed by atoms with Crippen LogP contribution >= 0.6 is 0 Å². The van der Waals surface area contributed by atoms with Gasteiger partial charge in [0.05, 0.1) is 19.8 Å². The van der Waals surface area contributed by atoms with E-state index in [1.165, 1.54) is 0 Å². The van der Waals surface area contributed by atoms with Crippen LogP contribution in [0.5, 0.6) is 0 Å². The number of hydrogen-bond acceptors (Lipinski definition) is 15. The van der Waals surface area contributed by atoms with E-state index in [1.807, 2.05) is 0 Å². The Morgan fingerprint density at radius 2 is 1.03 bits per heavy atom. The number of aliphatic hydroxyl groups is 10. The predicted octanol–water partition coefficient (Wildman–Crippen LogP) is -6.93. The van der Waals surface area contributed by atoms with Crippen LogP contribution in [0.4, 0.5) is 0 Å². The predicted molar refractivity (Wildman–Crippen MR) is 95.2 cm³/mol. The van der Waals surface area contributed by atoms with E-state index in [0.29, 0.717) is 0 Å². The molecular weight excluding hydrogens is 444 g/mol. The molecule has 3 aliphatic rings. The van der Waals surface area contributed by atoms with Crippen molar-refractivity contribution in [3.05, 3.63) is 0 Å². The Morgan fingerprint density at radius 1 is 0.531 bits per heavy atom. The molecule has 3 rings (SSSR count). The Labute approximate surface area is 181 Å². The number of hydrogen-bond donors (Lipinski definition) is 10. The summed E-state index contributed by atoms with van der Waals surface area (Å²) >= 11 is 0. The van der Waals surface area contributed by atoms with Crippen molar-refractivity contribution in [2.45, 2.75) is 86.0 Å². The van der Waals surface area contributed by atoms with E-state index in [1.54, 1.807) is 0 Å². The highest BCUT2D eigenvalue weighted by atomic mass is 16.7. The second-order valence-corrected chi connectivity index (χ2v) is 7.97. The lowest BCUT2D eigenvalue weighted by Crippen LogP contribution is -2.62. The first-order valence-electron chi connectivity index (χ1n) is 9.99. The average molecular weight is 474 g/mol. The molecule has 3 saturated heterocycles. The van der Waals surface area contributed by atoms with Gasteiger partial charge in [0.15, 0.2) is 18.9 Å². The Kier molecular flexibility index (Phi) is 8.75. The Hall–Kier alpha value is -0.600. The fourth-order valence-corrected chi connectivity index (χ4v) is 3.57. The molecule has 3 fully saturated rings. The molecule has 0 aromatic heterocycles. The third-order valence-electron chi connectivity index (χ3n) is 5.66.